The van der Waals surface area contributed by atoms with Gasteiger partial charge in [0, 0.05) is 11.6 Å². The number of nitrogens with zero attached hydrogens (tertiary/aromatic N) is 2. The van der Waals surface area contributed by atoms with Crippen LogP contribution in [-0.2, 0) is 17.8 Å². The number of urea groups is 1. The van der Waals surface area contributed by atoms with Crippen LogP contribution < -0.4 is 10.1 Å². The number of ether oxygens (including phenoxy) is 1. The Morgan fingerprint density at radius 2 is 1.88 bits per heavy atom. The number of hydrogen-bond donors (Lipinski definition) is 1. The zero-order chi connectivity index (χ0) is 22.9. The van der Waals surface area contributed by atoms with Crippen molar-refractivity contribution in [1.82, 2.24) is 15.2 Å². The largest absolute Gasteiger partial charge is 0.435 e. The van der Waals surface area contributed by atoms with Crippen LogP contribution in [0.2, 0.25) is 0 Å². The van der Waals surface area contributed by atoms with Crippen LogP contribution in [0.5, 0.6) is 5.75 Å². The van der Waals surface area contributed by atoms with E-state index in [1.54, 1.807) is 31.2 Å². The van der Waals surface area contributed by atoms with Crippen molar-refractivity contribution in [3.05, 3.63) is 71.7 Å². The van der Waals surface area contributed by atoms with Gasteiger partial charge in [-0.15, -0.1) is 0 Å². The molecule has 1 aliphatic heterocycles. The van der Waals surface area contributed by atoms with E-state index in [0.717, 1.165) is 10.5 Å². The minimum Gasteiger partial charge on any atom is -0.435 e. The Hall–Kier alpha value is -3.62. The Labute approximate surface area is 182 Å². The summed E-state index contributed by atoms with van der Waals surface area (Å²) in [6, 6.07) is 11.6. The molecule has 1 aliphatic rings. The molecule has 9 heteroatoms. The van der Waals surface area contributed by atoms with Crippen LogP contribution in [0.15, 0.2) is 54.7 Å². The van der Waals surface area contributed by atoms with Crippen LogP contribution >= 0.6 is 0 Å². The van der Waals surface area contributed by atoms with Gasteiger partial charge in [0.05, 0.1) is 12.1 Å². The molecule has 0 saturated carbocycles. The van der Waals surface area contributed by atoms with E-state index in [1.165, 1.54) is 30.5 Å². The van der Waals surface area contributed by atoms with Crippen molar-refractivity contribution >= 4 is 22.8 Å². The van der Waals surface area contributed by atoms with Gasteiger partial charge in [-0.05, 0) is 61.2 Å². The number of halogens is 3. The maximum Gasteiger partial charge on any atom is 0.387 e. The molecule has 3 aromatic rings. The first kappa shape index (κ1) is 21.6. The summed E-state index contributed by atoms with van der Waals surface area (Å²) in [4.78, 5) is 31.0. The van der Waals surface area contributed by atoms with Crippen molar-refractivity contribution in [2.45, 2.75) is 38.5 Å². The monoisotopic (exact) mass is 443 g/mol. The third-order valence-electron chi connectivity index (χ3n) is 5.54. The van der Waals surface area contributed by atoms with Gasteiger partial charge >= 0.3 is 12.6 Å². The molecule has 1 unspecified atom stereocenters. The third kappa shape index (κ3) is 4.23. The summed E-state index contributed by atoms with van der Waals surface area (Å²) in [6.45, 7) is -1.29. The number of imide groups is 1. The number of aryl methyl sites for hydroxylation is 1. The van der Waals surface area contributed by atoms with Gasteiger partial charge in [-0.3, -0.25) is 14.7 Å². The maximum atomic E-state index is 14.1. The average Bonchev–Trinajstić information content (AvgIpc) is 2.98. The first-order chi connectivity index (χ1) is 15.3. The topological polar surface area (TPSA) is 71.5 Å². The number of alkyl halides is 2. The van der Waals surface area contributed by atoms with Gasteiger partial charge in [0.15, 0.2) is 0 Å². The molecule has 1 N–H and O–H groups in total. The first-order valence-corrected chi connectivity index (χ1v) is 9.97. The maximum absolute atomic E-state index is 14.1. The highest BCUT2D eigenvalue weighted by atomic mass is 19.3. The van der Waals surface area contributed by atoms with E-state index in [0.29, 0.717) is 29.3 Å². The predicted molar refractivity (Wildman–Crippen MR) is 111 cm³/mol. The number of fused-ring (bicyclic) bond motifs is 1. The highest BCUT2D eigenvalue weighted by Gasteiger charge is 2.47. The number of hydrogen-bond acceptors (Lipinski definition) is 4. The number of nitrogens with one attached hydrogen (secondary N) is 1. The molecule has 1 aromatic heterocycles. The fourth-order valence-electron chi connectivity index (χ4n) is 3.79. The van der Waals surface area contributed by atoms with Crippen LogP contribution in [0.4, 0.5) is 18.0 Å². The molecule has 1 fully saturated rings. The quantitative estimate of drug-likeness (QED) is 0.549. The highest BCUT2D eigenvalue weighted by Crippen LogP contribution is 2.27. The SMILES string of the molecule is CC1(CCc2ccc(OC(F)F)cc2)NC(=O)N(Cc2ccc(F)c3cccnc23)C1=O. The molecule has 166 valence electrons. The lowest BCUT2D eigenvalue weighted by atomic mass is 9.93. The molecule has 32 heavy (non-hydrogen) atoms. The smallest absolute Gasteiger partial charge is 0.387 e. The Morgan fingerprint density at radius 1 is 1.12 bits per heavy atom. The molecule has 2 aromatic carbocycles. The lowest BCUT2D eigenvalue weighted by molar-refractivity contribution is -0.131. The van der Waals surface area contributed by atoms with Gasteiger partial charge < -0.3 is 10.1 Å². The zero-order valence-corrected chi connectivity index (χ0v) is 17.1. The molecule has 0 bridgehead atoms. The Morgan fingerprint density at radius 3 is 2.59 bits per heavy atom. The van der Waals surface area contributed by atoms with Crippen molar-refractivity contribution in [3.63, 3.8) is 0 Å². The van der Waals surface area contributed by atoms with Crippen molar-refractivity contribution < 1.29 is 27.5 Å². The molecule has 2 heterocycles. The van der Waals surface area contributed by atoms with Crippen LogP contribution in [0.25, 0.3) is 10.9 Å². The molecule has 0 radical (unpaired) electrons. The molecule has 6 nitrogen and oxygen atoms in total. The number of pyridine rings is 1. The number of aromatic nitrogens is 1. The summed E-state index contributed by atoms with van der Waals surface area (Å²) in [5.41, 5.74) is 0.637. The normalized spacial score (nSPS) is 18.5. The lowest BCUT2D eigenvalue weighted by Crippen LogP contribution is -2.44. The standard InChI is InChI=1S/C23H20F3N3O3/c1-23(11-10-14-4-7-16(8-5-14)32-21(25)26)20(30)29(22(31)28-23)13-15-6-9-18(24)17-3-2-12-27-19(15)17/h2-9,12,21H,10-11,13H2,1H3,(H,28,31). The van der Waals surface area contributed by atoms with E-state index >= 15 is 0 Å². The molecule has 0 aliphatic carbocycles. The molecule has 3 amide bonds. The van der Waals surface area contributed by atoms with E-state index in [-0.39, 0.29) is 12.3 Å². The van der Waals surface area contributed by atoms with Crippen molar-refractivity contribution in [2.24, 2.45) is 0 Å². The molecule has 1 saturated heterocycles. The minimum absolute atomic E-state index is 0.0340. The third-order valence-corrected chi connectivity index (χ3v) is 5.54. The fourth-order valence-corrected chi connectivity index (χ4v) is 3.79. The van der Waals surface area contributed by atoms with Crippen molar-refractivity contribution in [2.75, 3.05) is 0 Å². The highest BCUT2D eigenvalue weighted by molar-refractivity contribution is 6.06. The number of rotatable bonds is 7. The predicted octanol–water partition coefficient (Wildman–Crippen LogP) is 4.42. The summed E-state index contributed by atoms with van der Waals surface area (Å²) < 4.78 is 42.9. The summed E-state index contributed by atoms with van der Waals surface area (Å²) in [6.07, 6.45) is 2.27. The first-order valence-electron chi connectivity index (χ1n) is 9.97. The second kappa shape index (κ2) is 8.49. The van der Waals surface area contributed by atoms with Gasteiger partial charge in [0.2, 0.25) is 0 Å². The molecule has 4 rings (SSSR count). The molecular weight excluding hydrogens is 423 g/mol. The number of amides is 3. The number of carbonyl (C=O) groups is 2. The fraction of sp³-hybridized carbons (Fsp3) is 0.261. The minimum atomic E-state index is -2.90. The lowest BCUT2D eigenvalue weighted by Gasteiger charge is -2.22. The molecule has 0 spiro atoms. The van der Waals surface area contributed by atoms with Gasteiger partial charge in [-0.25, -0.2) is 9.18 Å². The van der Waals surface area contributed by atoms with E-state index in [1.807, 2.05) is 0 Å². The second-order valence-electron chi connectivity index (χ2n) is 7.78. The van der Waals surface area contributed by atoms with Gasteiger partial charge in [0.25, 0.3) is 5.91 Å². The number of carbonyl (C=O) groups excluding carboxylic acids is 2. The summed E-state index contributed by atoms with van der Waals surface area (Å²) >= 11 is 0. The van der Waals surface area contributed by atoms with Crippen LogP contribution in [0.3, 0.4) is 0 Å². The Balaban J connectivity index is 1.47. The van der Waals surface area contributed by atoms with Gasteiger partial charge in [-0.1, -0.05) is 18.2 Å². The second-order valence-corrected chi connectivity index (χ2v) is 7.78. The van der Waals surface area contributed by atoms with Crippen molar-refractivity contribution in [1.29, 1.82) is 0 Å². The zero-order valence-electron chi connectivity index (χ0n) is 17.1. The van der Waals surface area contributed by atoms with E-state index in [9.17, 15) is 22.8 Å². The van der Waals surface area contributed by atoms with E-state index < -0.39 is 29.9 Å². The molecule has 1 atom stereocenters. The number of benzene rings is 2. The van der Waals surface area contributed by atoms with Gasteiger partial charge in [-0.2, -0.15) is 8.78 Å². The average molecular weight is 443 g/mol. The Bertz CT molecular complexity index is 1170. The summed E-state index contributed by atoms with van der Waals surface area (Å²) in [5.74, 6) is -0.774. The van der Waals surface area contributed by atoms with E-state index in [4.69, 9.17) is 0 Å². The Kier molecular flexibility index (Phi) is 5.73. The van der Waals surface area contributed by atoms with Crippen LogP contribution in [-0.4, -0.2) is 34.0 Å². The summed E-state index contributed by atoms with van der Waals surface area (Å²) in [5, 5.41) is 3.06. The van der Waals surface area contributed by atoms with Crippen molar-refractivity contribution in [3.8, 4) is 5.75 Å². The van der Waals surface area contributed by atoms with Crippen LogP contribution in [0.1, 0.15) is 24.5 Å². The summed E-state index contributed by atoms with van der Waals surface area (Å²) in [7, 11) is 0. The molecular formula is C23H20F3N3O3. The van der Waals surface area contributed by atoms with Gasteiger partial charge in [0.1, 0.15) is 17.1 Å². The van der Waals surface area contributed by atoms with E-state index in [2.05, 4.69) is 15.0 Å². The van der Waals surface area contributed by atoms with Crippen LogP contribution in [0, 0.1) is 5.82 Å².